The Hall–Kier alpha value is -2.75. The summed E-state index contributed by atoms with van der Waals surface area (Å²) in [5.74, 6) is -0.158. The summed E-state index contributed by atoms with van der Waals surface area (Å²) < 4.78 is 67.7. The molecule has 0 fully saturated rings. The lowest BCUT2D eigenvalue weighted by Gasteiger charge is -2.19. The van der Waals surface area contributed by atoms with Crippen LogP contribution in [0, 0.1) is 0 Å². The summed E-state index contributed by atoms with van der Waals surface area (Å²) in [6.45, 7) is 1.73. The van der Waals surface area contributed by atoms with Gasteiger partial charge in [0.05, 0.1) is 17.5 Å². The van der Waals surface area contributed by atoms with Gasteiger partial charge in [-0.25, -0.2) is 8.42 Å². The number of halogens is 3. The van der Waals surface area contributed by atoms with Gasteiger partial charge in [-0.3, -0.25) is 9.10 Å². The Labute approximate surface area is 167 Å². The molecule has 1 amide bonds. The third kappa shape index (κ3) is 6.11. The van der Waals surface area contributed by atoms with E-state index in [1.54, 1.807) is 6.92 Å². The van der Waals surface area contributed by atoms with Crippen LogP contribution in [0.5, 0.6) is 5.75 Å². The molecule has 1 atom stereocenters. The summed E-state index contributed by atoms with van der Waals surface area (Å²) >= 11 is 0. The first kappa shape index (κ1) is 22.5. The van der Waals surface area contributed by atoms with Crippen LogP contribution in [0.3, 0.4) is 0 Å². The highest BCUT2D eigenvalue weighted by Gasteiger charge is 2.30. The maximum atomic E-state index is 12.6. The van der Waals surface area contributed by atoms with Crippen LogP contribution in [0.2, 0.25) is 0 Å². The second-order valence-electron chi connectivity index (χ2n) is 6.30. The van der Waals surface area contributed by atoms with Gasteiger partial charge in [0, 0.05) is 12.7 Å². The number of alkyl halides is 3. The van der Waals surface area contributed by atoms with Crippen molar-refractivity contribution in [3.63, 3.8) is 0 Å². The van der Waals surface area contributed by atoms with E-state index in [-0.39, 0.29) is 5.69 Å². The largest absolute Gasteiger partial charge is 0.481 e. The molecule has 158 valence electrons. The third-order valence-corrected chi connectivity index (χ3v) is 5.32. The first-order chi connectivity index (χ1) is 13.4. The topological polar surface area (TPSA) is 75.7 Å². The van der Waals surface area contributed by atoms with Crippen molar-refractivity contribution in [2.75, 3.05) is 22.9 Å². The number of carbonyl (C=O) groups excluding carboxylic acids is 1. The summed E-state index contributed by atoms with van der Waals surface area (Å²) in [6, 6.07) is 10.2. The van der Waals surface area contributed by atoms with Crippen molar-refractivity contribution < 1.29 is 31.1 Å². The molecule has 0 saturated heterocycles. The van der Waals surface area contributed by atoms with Crippen molar-refractivity contribution in [1.82, 2.24) is 0 Å². The number of carbonyl (C=O) groups is 1. The zero-order chi connectivity index (χ0) is 21.8. The molecule has 0 aliphatic rings. The second-order valence-corrected chi connectivity index (χ2v) is 8.32. The smallest absolute Gasteiger partial charge is 0.416 e. The predicted molar refractivity (Wildman–Crippen MR) is 104 cm³/mol. The number of benzene rings is 2. The van der Waals surface area contributed by atoms with E-state index >= 15 is 0 Å². The molecule has 0 heterocycles. The van der Waals surface area contributed by atoms with Crippen molar-refractivity contribution in [1.29, 1.82) is 0 Å². The molecule has 0 radical (unpaired) electrons. The molecule has 2 aromatic rings. The number of nitrogens with zero attached hydrogens (tertiary/aromatic N) is 1. The quantitative estimate of drug-likeness (QED) is 0.723. The van der Waals surface area contributed by atoms with E-state index in [9.17, 15) is 26.4 Å². The molecular weight excluding hydrogens is 409 g/mol. The summed E-state index contributed by atoms with van der Waals surface area (Å²) in [6.07, 6.45) is -3.93. The molecule has 2 rings (SSSR count). The molecule has 0 aromatic heterocycles. The number of amides is 1. The van der Waals surface area contributed by atoms with Crippen molar-refractivity contribution in [2.45, 2.75) is 25.6 Å². The normalized spacial score (nSPS) is 12.9. The van der Waals surface area contributed by atoms with E-state index in [1.165, 1.54) is 43.4 Å². The Morgan fingerprint density at radius 1 is 1.10 bits per heavy atom. The minimum Gasteiger partial charge on any atom is -0.481 e. The summed E-state index contributed by atoms with van der Waals surface area (Å²) in [5.41, 5.74) is -0.157. The lowest BCUT2D eigenvalue weighted by molar-refractivity contribution is -0.137. The average Bonchev–Trinajstić information content (AvgIpc) is 2.65. The number of ether oxygens (including phenoxy) is 1. The van der Waals surface area contributed by atoms with Gasteiger partial charge in [0.15, 0.2) is 6.10 Å². The third-order valence-electron chi connectivity index (χ3n) is 4.12. The second kappa shape index (κ2) is 8.73. The van der Waals surface area contributed by atoms with Crippen LogP contribution in [0.1, 0.15) is 18.9 Å². The Kier molecular flexibility index (Phi) is 6.78. The van der Waals surface area contributed by atoms with Gasteiger partial charge in [-0.1, -0.05) is 6.92 Å². The number of sulfonamides is 1. The monoisotopic (exact) mass is 430 g/mol. The molecule has 0 spiro atoms. The number of hydrogen-bond acceptors (Lipinski definition) is 4. The van der Waals surface area contributed by atoms with Crippen LogP contribution >= 0.6 is 0 Å². The number of hydrogen-bond donors (Lipinski definition) is 1. The maximum Gasteiger partial charge on any atom is 0.416 e. The fourth-order valence-corrected chi connectivity index (χ4v) is 2.88. The molecule has 0 aliphatic carbocycles. The predicted octanol–water partition coefficient (Wildman–Crippen LogP) is 3.90. The van der Waals surface area contributed by atoms with Crippen LogP contribution < -0.4 is 14.4 Å². The van der Waals surface area contributed by atoms with Crippen LogP contribution in [-0.2, 0) is 21.0 Å². The maximum absolute atomic E-state index is 12.6. The summed E-state index contributed by atoms with van der Waals surface area (Å²) in [4.78, 5) is 12.4. The Balaban J connectivity index is 2.04. The van der Waals surface area contributed by atoms with Gasteiger partial charge < -0.3 is 10.1 Å². The van der Waals surface area contributed by atoms with E-state index in [0.29, 0.717) is 17.9 Å². The first-order valence-electron chi connectivity index (χ1n) is 8.60. The Morgan fingerprint density at radius 3 is 2.10 bits per heavy atom. The van der Waals surface area contributed by atoms with Gasteiger partial charge in [-0.2, -0.15) is 13.2 Å². The molecule has 10 heteroatoms. The van der Waals surface area contributed by atoms with Crippen LogP contribution in [-0.4, -0.2) is 33.7 Å². The van der Waals surface area contributed by atoms with Crippen molar-refractivity contribution >= 4 is 27.3 Å². The minimum atomic E-state index is -4.45. The lowest BCUT2D eigenvalue weighted by Crippen LogP contribution is -2.32. The Morgan fingerprint density at radius 2 is 1.66 bits per heavy atom. The summed E-state index contributed by atoms with van der Waals surface area (Å²) in [7, 11) is -1.98. The van der Waals surface area contributed by atoms with Crippen molar-refractivity contribution in [3.8, 4) is 5.75 Å². The number of anilines is 2. The molecule has 0 saturated carbocycles. The minimum absolute atomic E-state index is 0.218. The van der Waals surface area contributed by atoms with Crippen molar-refractivity contribution in [3.05, 3.63) is 54.1 Å². The van der Waals surface area contributed by atoms with E-state index < -0.39 is 33.8 Å². The SMILES string of the molecule is CCC(Oc1ccc(N(C)S(C)(=O)=O)cc1)C(=O)Nc1ccc(C(F)(F)F)cc1. The number of rotatable bonds is 7. The Bertz CT molecular complexity index is 943. The molecule has 2 aromatic carbocycles. The van der Waals surface area contributed by atoms with Gasteiger partial charge in [-0.05, 0) is 55.0 Å². The standard InChI is InChI=1S/C19H21F3N2O4S/c1-4-17(18(25)23-14-7-5-13(6-8-14)19(20,21)22)28-16-11-9-15(10-12-16)24(2)29(3,26)27/h5-12,17H,4H2,1-3H3,(H,23,25). The number of nitrogens with one attached hydrogen (secondary N) is 1. The highest BCUT2D eigenvalue weighted by molar-refractivity contribution is 7.92. The van der Waals surface area contributed by atoms with E-state index in [0.717, 1.165) is 22.7 Å². The van der Waals surface area contributed by atoms with Crippen LogP contribution in [0.25, 0.3) is 0 Å². The van der Waals surface area contributed by atoms with E-state index in [1.807, 2.05) is 0 Å². The molecule has 29 heavy (non-hydrogen) atoms. The molecule has 0 bridgehead atoms. The van der Waals surface area contributed by atoms with Crippen LogP contribution in [0.4, 0.5) is 24.5 Å². The fraction of sp³-hybridized carbons (Fsp3) is 0.316. The van der Waals surface area contributed by atoms with Gasteiger partial charge in [-0.15, -0.1) is 0 Å². The molecule has 1 unspecified atom stereocenters. The highest BCUT2D eigenvalue weighted by atomic mass is 32.2. The van der Waals surface area contributed by atoms with E-state index in [2.05, 4.69) is 5.32 Å². The molecular formula is C19H21F3N2O4S. The van der Waals surface area contributed by atoms with Crippen LogP contribution in [0.15, 0.2) is 48.5 Å². The molecule has 6 nitrogen and oxygen atoms in total. The summed E-state index contributed by atoms with van der Waals surface area (Å²) in [5, 5.41) is 2.52. The van der Waals surface area contributed by atoms with Gasteiger partial charge in [0.1, 0.15) is 5.75 Å². The first-order valence-corrected chi connectivity index (χ1v) is 10.5. The molecule has 1 N–H and O–H groups in total. The highest BCUT2D eigenvalue weighted by Crippen LogP contribution is 2.30. The zero-order valence-electron chi connectivity index (χ0n) is 16.0. The van der Waals surface area contributed by atoms with Crippen molar-refractivity contribution in [2.24, 2.45) is 0 Å². The zero-order valence-corrected chi connectivity index (χ0v) is 16.8. The lowest BCUT2D eigenvalue weighted by atomic mass is 10.2. The average molecular weight is 430 g/mol. The van der Waals surface area contributed by atoms with E-state index in [4.69, 9.17) is 4.74 Å². The molecule has 0 aliphatic heterocycles. The van der Waals surface area contributed by atoms with Gasteiger partial charge in [0.2, 0.25) is 10.0 Å². The van der Waals surface area contributed by atoms with Gasteiger partial charge >= 0.3 is 6.18 Å². The van der Waals surface area contributed by atoms with Gasteiger partial charge in [0.25, 0.3) is 5.91 Å². The fourth-order valence-electron chi connectivity index (χ4n) is 2.38.